The smallest absolute Gasteiger partial charge is 0.255 e. The predicted octanol–water partition coefficient (Wildman–Crippen LogP) is 3.10. The molecule has 2 aromatic rings. The van der Waals surface area contributed by atoms with Crippen LogP contribution in [0.25, 0.3) is 0 Å². The van der Waals surface area contributed by atoms with Gasteiger partial charge in [-0.1, -0.05) is 12.1 Å². The first-order valence-corrected chi connectivity index (χ1v) is 5.99. The number of halogens is 1. The van der Waals surface area contributed by atoms with Gasteiger partial charge in [0.1, 0.15) is 5.82 Å². The van der Waals surface area contributed by atoms with E-state index in [2.05, 4.69) is 5.32 Å². The number of carbonyl (C=O) groups is 1. The van der Waals surface area contributed by atoms with Gasteiger partial charge in [0.05, 0.1) is 0 Å². The monoisotopic (exact) mass is 258 g/mol. The Morgan fingerprint density at radius 2 is 1.68 bits per heavy atom. The van der Waals surface area contributed by atoms with E-state index >= 15 is 0 Å². The Morgan fingerprint density at radius 3 is 2.21 bits per heavy atom. The van der Waals surface area contributed by atoms with Crippen LogP contribution in [0.3, 0.4) is 0 Å². The van der Waals surface area contributed by atoms with E-state index in [1.165, 1.54) is 24.3 Å². The Hall–Kier alpha value is -2.20. The van der Waals surface area contributed by atoms with Crippen LogP contribution in [-0.2, 0) is 0 Å². The van der Waals surface area contributed by atoms with Gasteiger partial charge in [-0.25, -0.2) is 4.39 Å². The van der Waals surface area contributed by atoms with Crippen LogP contribution in [0.1, 0.15) is 28.9 Å². The van der Waals surface area contributed by atoms with E-state index in [9.17, 15) is 9.18 Å². The number of amides is 1. The molecular formula is C15H15FN2O. The van der Waals surface area contributed by atoms with Gasteiger partial charge in [0.25, 0.3) is 5.91 Å². The summed E-state index contributed by atoms with van der Waals surface area (Å²) in [4.78, 5) is 11.9. The quantitative estimate of drug-likeness (QED) is 0.888. The number of hydrogen-bond acceptors (Lipinski definition) is 2. The highest BCUT2D eigenvalue weighted by Crippen LogP contribution is 2.15. The molecule has 0 aliphatic carbocycles. The van der Waals surface area contributed by atoms with Crippen molar-refractivity contribution in [3.8, 4) is 0 Å². The summed E-state index contributed by atoms with van der Waals surface area (Å²) in [6.07, 6.45) is 0. The summed E-state index contributed by atoms with van der Waals surface area (Å²) in [5, 5.41) is 2.74. The normalized spacial score (nSPS) is 11.9. The van der Waals surface area contributed by atoms with Gasteiger partial charge in [-0.15, -0.1) is 0 Å². The van der Waals surface area contributed by atoms with E-state index < -0.39 is 0 Å². The van der Waals surface area contributed by atoms with Gasteiger partial charge in [-0.2, -0.15) is 0 Å². The number of anilines is 1. The lowest BCUT2D eigenvalue weighted by atomic mass is 10.1. The summed E-state index contributed by atoms with van der Waals surface area (Å²) >= 11 is 0. The molecule has 2 rings (SSSR count). The van der Waals surface area contributed by atoms with Gasteiger partial charge in [0.2, 0.25) is 0 Å². The largest absolute Gasteiger partial charge is 0.324 e. The van der Waals surface area contributed by atoms with E-state index in [1.807, 2.05) is 19.1 Å². The maximum atomic E-state index is 12.8. The molecule has 3 nitrogen and oxygen atoms in total. The molecule has 0 radical (unpaired) electrons. The van der Waals surface area contributed by atoms with E-state index in [0.29, 0.717) is 11.3 Å². The maximum absolute atomic E-state index is 12.8. The van der Waals surface area contributed by atoms with Crippen LogP contribution < -0.4 is 11.1 Å². The summed E-state index contributed by atoms with van der Waals surface area (Å²) in [7, 11) is 0. The zero-order valence-electron chi connectivity index (χ0n) is 10.6. The third-order valence-electron chi connectivity index (χ3n) is 2.80. The van der Waals surface area contributed by atoms with E-state index in [0.717, 1.165) is 5.56 Å². The summed E-state index contributed by atoms with van der Waals surface area (Å²) in [6.45, 7) is 1.89. The van der Waals surface area contributed by atoms with Crippen molar-refractivity contribution >= 4 is 11.6 Å². The topological polar surface area (TPSA) is 55.1 Å². The Balaban J connectivity index is 2.08. The van der Waals surface area contributed by atoms with Crippen molar-refractivity contribution in [3.05, 3.63) is 65.5 Å². The maximum Gasteiger partial charge on any atom is 0.255 e. The van der Waals surface area contributed by atoms with Crippen molar-refractivity contribution in [3.63, 3.8) is 0 Å². The highest BCUT2D eigenvalue weighted by molar-refractivity contribution is 6.04. The molecule has 1 amide bonds. The average Bonchev–Trinajstić information content (AvgIpc) is 2.40. The van der Waals surface area contributed by atoms with Crippen molar-refractivity contribution in [2.45, 2.75) is 13.0 Å². The Labute approximate surface area is 111 Å². The fourth-order valence-corrected chi connectivity index (χ4v) is 1.67. The highest BCUT2D eigenvalue weighted by atomic mass is 19.1. The number of nitrogens with one attached hydrogen (secondary N) is 1. The molecule has 3 N–H and O–H groups in total. The Morgan fingerprint density at radius 1 is 1.11 bits per heavy atom. The standard InChI is InChI=1S/C15H15FN2O/c1-10(17)11-4-8-14(9-5-11)18-15(19)12-2-6-13(16)7-3-12/h2-10H,17H2,1H3,(H,18,19)/t10-/m0/s1. The molecule has 0 aromatic heterocycles. The minimum absolute atomic E-state index is 0.0400. The molecule has 2 aromatic carbocycles. The minimum Gasteiger partial charge on any atom is -0.324 e. The fraction of sp³-hybridized carbons (Fsp3) is 0.133. The molecule has 98 valence electrons. The number of benzene rings is 2. The SMILES string of the molecule is C[C@H](N)c1ccc(NC(=O)c2ccc(F)cc2)cc1. The van der Waals surface area contributed by atoms with E-state index in [1.54, 1.807) is 12.1 Å². The average molecular weight is 258 g/mol. The van der Waals surface area contributed by atoms with Gasteiger partial charge >= 0.3 is 0 Å². The summed E-state index contributed by atoms with van der Waals surface area (Å²) in [6, 6.07) is 12.7. The van der Waals surface area contributed by atoms with Gasteiger partial charge in [-0.05, 0) is 48.9 Å². The van der Waals surface area contributed by atoms with Crippen LogP contribution in [0.5, 0.6) is 0 Å². The number of nitrogens with two attached hydrogens (primary N) is 1. The first-order valence-electron chi connectivity index (χ1n) is 5.99. The molecule has 0 bridgehead atoms. The highest BCUT2D eigenvalue weighted by Gasteiger charge is 2.06. The first-order chi connectivity index (χ1) is 9.06. The third kappa shape index (κ3) is 3.39. The van der Waals surface area contributed by atoms with Crippen LogP contribution in [0.4, 0.5) is 10.1 Å². The number of rotatable bonds is 3. The zero-order valence-corrected chi connectivity index (χ0v) is 10.6. The van der Waals surface area contributed by atoms with Crippen LogP contribution in [0.15, 0.2) is 48.5 Å². The molecule has 0 heterocycles. The van der Waals surface area contributed by atoms with Crippen molar-refractivity contribution in [1.29, 1.82) is 0 Å². The molecule has 0 saturated carbocycles. The molecule has 19 heavy (non-hydrogen) atoms. The molecule has 0 saturated heterocycles. The van der Waals surface area contributed by atoms with E-state index in [-0.39, 0.29) is 17.8 Å². The molecule has 0 spiro atoms. The molecule has 0 aliphatic rings. The van der Waals surface area contributed by atoms with Gasteiger partial charge in [-0.3, -0.25) is 4.79 Å². The fourth-order valence-electron chi connectivity index (χ4n) is 1.67. The second kappa shape index (κ2) is 5.63. The third-order valence-corrected chi connectivity index (χ3v) is 2.80. The van der Waals surface area contributed by atoms with Crippen LogP contribution in [0, 0.1) is 5.82 Å². The molecular weight excluding hydrogens is 243 g/mol. The summed E-state index contributed by atoms with van der Waals surface area (Å²) in [5.41, 5.74) is 7.84. The molecule has 4 heteroatoms. The van der Waals surface area contributed by atoms with Crippen molar-refractivity contribution in [1.82, 2.24) is 0 Å². The Kier molecular flexibility index (Phi) is 3.92. The lowest BCUT2D eigenvalue weighted by Crippen LogP contribution is -2.12. The first kappa shape index (κ1) is 13.2. The van der Waals surface area contributed by atoms with Crippen LogP contribution in [0.2, 0.25) is 0 Å². The number of carbonyl (C=O) groups excluding carboxylic acids is 1. The van der Waals surface area contributed by atoms with Crippen LogP contribution >= 0.6 is 0 Å². The second-order valence-corrected chi connectivity index (χ2v) is 4.37. The van der Waals surface area contributed by atoms with Crippen LogP contribution in [-0.4, -0.2) is 5.91 Å². The minimum atomic E-state index is -0.363. The lowest BCUT2D eigenvalue weighted by molar-refractivity contribution is 0.102. The zero-order chi connectivity index (χ0) is 13.8. The number of hydrogen-bond donors (Lipinski definition) is 2. The van der Waals surface area contributed by atoms with Crippen molar-refractivity contribution < 1.29 is 9.18 Å². The van der Waals surface area contributed by atoms with Gasteiger partial charge in [0.15, 0.2) is 0 Å². The summed E-state index contributed by atoms with van der Waals surface area (Å²) < 4.78 is 12.8. The van der Waals surface area contributed by atoms with E-state index in [4.69, 9.17) is 5.73 Å². The summed E-state index contributed by atoms with van der Waals surface area (Å²) in [5.74, 6) is -0.633. The van der Waals surface area contributed by atoms with Crippen molar-refractivity contribution in [2.75, 3.05) is 5.32 Å². The molecule has 0 aliphatic heterocycles. The second-order valence-electron chi connectivity index (χ2n) is 4.37. The molecule has 0 unspecified atom stereocenters. The van der Waals surface area contributed by atoms with Crippen molar-refractivity contribution in [2.24, 2.45) is 5.73 Å². The van der Waals surface area contributed by atoms with Gasteiger partial charge in [0, 0.05) is 17.3 Å². The predicted molar refractivity (Wildman–Crippen MR) is 73.4 cm³/mol. The van der Waals surface area contributed by atoms with Gasteiger partial charge < -0.3 is 11.1 Å². The molecule has 1 atom stereocenters. The molecule has 0 fully saturated rings. The lowest BCUT2D eigenvalue weighted by Gasteiger charge is -2.08. The Bertz CT molecular complexity index is 562.